The minimum absolute atomic E-state index is 0.128. The van der Waals surface area contributed by atoms with Gasteiger partial charge in [-0.25, -0.2) is 5.43 Å². The Balaban J connectivity index is 2.17. The van der Waals surface area contributed by atoms with Gasteiger partial charge < -0.3 is 14.2 Å². The van der Waals surface area contributed by atoms with Gasteiger partial charge >= 0.3 is 0 Å². The van der Waals surface area contributed by atoms with Crippen LogP contribution >= 0.6 is 0 Å². The second kappa shape index (κ2) is 9.18. The molecule has 2 aromatic rings. The number of rotatable bonds is 8. The lowest BCUT2D eigenvalue weighted by molar-refractivity contribution is -0.384. The average Bonchev–Trinajstić information content (AvgIpc) is 2.68. The Morgan fingerprint density at radius 1 is 1.22 bits per heavy atom. The lowest BCUT2D eigenvalue weighted by atomic mass is 10.2. The molecule has 1 N–H and O–H groups in total. The summed E-state index contributed by atoms with van der Waals surface area (Å²) in [7, 11) is 3.00. The summed E-state index contributed by atoms with van der Waals surface area (Å²) < 4.78 is 16.1. The molecule has 0 aliphatic rings. The monoisotopic (exact) mass is 373 g/mol. The summed E-state index contributed by atoms with van der Waals surface area (Å²) in [6.07, 6.45) is 1.40. The molecule has 9 nitrogen and oxygen atoms in total. The van der Waals surface area contributed by atoms with Gasteiger partial charge in [0.15, 0.2) is 11.5 Å². The number of nitro groups is 1. The second-order valence-electron chi connectivity index (χ2n) is 5.19. The summed E-state index contributed by atoms with van der Waals surface area (Å²) in [6, 6.07) is 8.72. The van der Waals surface area contributed by atoms with E-state index in [-0.39, 0.29) is 11.3 Å². The predicted molar refractivity (Wildman–Crippen MR) is 98.9 cm³/mol. The van der Waals surface area contributed by atoms with Crippen molar-refractivity contribution in [2.45, 2.75) is 6.92 Å². The van der Waals surface area contributed by atoms with E-state index in [0.29, 0.717) is 29.4 Å². The molecule has 0 saturated heterocycles. The zero-order valence-corrected chi connectivity index (χ0v) is 15.1. The Morgan fingerprint density at radius 2 is 1.89 bits per heavy atom. The molecule has 0 bridgehead atoms. The molecule has 0 spiro atoms. The van der Waals surface area contributed by atoms with E-state index < -0.39 is 10.8 Å². The molecule has 0 aliphatic carbocycles. The zero-order valence-electron chi connectivity index (χ0n) is 15.1. The number of hydrazone groups is 1. The van der Waals surface area contributed by atoms with Crippen LogP contribution < -0.4 is 19.6 Å². The van der Waals surface area contributed by atoms with Crippen LogP contribution in [0.5, 0.6) is 17.2 Å². The fourth-order valence-corrected chi connectivity index (χ4v) is 2.25. The van der Waals surface area contributed by atoms with Crippen molar-refractivity contribution in [1.82, 2.24) is 5.43 Å². The summed E-state index contributed by atoms with van der Waals surface area (Å²) in [5.74, 6) is 0.824. The van der Waals surface area contributed by atoms with Gasteiger partial charge in [0, 0.05) is 23.3 Å². The van der Waals surface area contributed by atoms with Gasteiger partial charge in [0.05, 0.1) is 32.0 Å². The Labute approximate surface area is 155 Å². The summed E-state index contributed by atoms with van der Waals surface area (Å²) in [5, 5.41) is 14.7. The molecule has 0 aliphatic heterocycles. The van der Waals surface area contributed by atoms with Crippen LogP contribution in [-0.4, -0.2) is 37.9 Å². The standard InChI is InChI=1S/C18H19N3O6/c1-4-27-17-15(25-2)8-12(9-16(17)26-3)11-19-20-18(22)13-6-5-7-14(10-13)21(23)24/h5-11H,4H2,1-3H3,(H,20,22)/b19-11+. The highest BCUT2D eigenvalue weighted by Gasteiger charge is 2.14. The van der Waals surface area contributed by atoms with Crippen LogP contribution in [0.4, 0.5) is 5.69 Å². The largest absolute Gasteiger partial charge is 0.493 e. The van der Waals surface area contributed by atoms with Gasteiger partial charge in [0.1, 0.15) is 0 Å². The molecule has 0 saturated carbocycles. The van der Waals surface area contributed by atoms with E-state index in [9.17, 15) is 14.9 Å². The summed E-state index contributed by atoms with van der Waals surface area (Å²) >= 11 is 0. The number of carbonyl (C=O) groups is 1. The zero-order chi connectivity index (χ0) is 19.8. The minimum atomic E-state index is -0.571. The van der Waals surface area contributed by atoms with Crippen LogP contribution in [0.1, 0.15) is 22.8 Å². The van der Waals surface area contributed by atoms with Gasteiger partial charge in [-0.2, -0.15) is 5.10 Å². The quantitative estimate of drug-likeness (QED) is 0.432. The number of nitrogens with zero attached hydrogens (tertiary/aromatic N) is 2. The SMILES string of the molecule is CCOc1c(OC)cc(/C=N/NC(=O)c2cccc([N+](=O)[O-])c2)cc1OC. The first-order valence-corrected chi connectivity index (χ1v) is 7.96. The Kier molecular flexibility index (Phi) is 6.70. The maximum absolute atomic E-state index is 12.1. The van der Waals surface area contributed by atoms with E-state index in [0.717, 1.165) is 0 Å². The van der Waals surface area contributed by atoms with E-state index in [4.69, 9.17) is 14.2 Å². The molecule has 0 fully saturated rings. The number of hydrogen-bond acceptors (Lipinski definition) is 7. The summed E-state index contributed by atoms with van der Waals surface area (Å²) in [4.78, 5) is 22.3. The lowest BCUT2D eigenvalue weighted by Gasteiger charge is -2.14. The van der Waals surface area contributed by atoms with Crippen LogP contribution in [0.25, 0.3) is 0 Å². The van der Waals surface area contributed by atoms with Crippen molar-refractivity contribution in [2.75, 3.05) is 20.8 Å². The van der Waals surface area contributed by atoms with E-state index in [2.05, 4.69) is 10.5 Å². The number of ether oxygens (including phenoxy) is 3. The van der Waals surface area contributed by atoms with Crippen molar-refractivity contribution in [3.05, 3.63) is 57.6 Å². The fourth-order valence-electron chi connectivity index (χ4n) is 2.25. The molecule has 142 valence electrons. The fraction of sp³-hybridized carbons (Fsp3) is 0.222. The smallest absolute Gasteiger partial charge is 0.271 e. The van der Waals surface area contributed by atoms with Gasteiger partial charge in [-0.3, -0.25) is 14.9 Å². The number of hydrogen-bond donors (Lipinski definition) is 1. The van der Waals surface area contributed by atoms with Gasteiger partial charge in [-0.1, -0.05) is 6.07 Å². The molecule has 27 heavy (non-hydrogen) atoms. The first kappa shape index (κ1) is 19.7. The molecular formula is C18H19N3O6. The van der Waals surface area contributed by atoms with E-state index in [1.165, 1.54) is 44.7 Å². The third-order valence-corrected chi connectivity index (χ3v) is 3.47. The molecule has 0 heterocycles. The summed E-state index contributed by atoms with van der Waals surface area (Å²) in [5.41, 5.74) is 2.88. The average molecular weight is 373 g/mol. The van der Waals surface area contributed by atoms with E-state index >= 15 is 0 Å². The van der Waals surface area contributed by atoms with Crippen molar-refractivity contribution in [3.8, 4) is 17.2 Å². The molecule has 0 radical (unpaired) electrons. The van der Waals surface area contributed by atoms with Crippen LogP contribution in [0.15, 0.2) is 41.5 Å². The van der Waals surface area contributed by atoms with Crippen LogP contribution in [0, 0.1) is 10.1 Å². The minimum Gasteiger partial charge on any atom is -0.493 e. The summed E-state index contributed by atoms with van der Waals surface area (Å²) in [6.45, 7) is 2.29. The first-order valence-electron chi connectivity index (χ1n) is 7.96. The van der Waals surface area contributed by atoms with Crippen LogP contribution in [0.3, 0.4) is 0 Å². The third-order valence-electron chi connectivity index (χ3n) is 3.47. The Hall–Kier alpha value is -3.62. The topological polar surface area (TPSA) is 112 Å². The van der Waals surface area contributed by atoms with Crippen LogP contribution in [0.2, 0.25) is 0 Å². The number of benzene rings is 2. The van der Waals surface area contributed by atoms with Gasteiger partial charge in [-0.05, 0) is 25.1 Å². The maximum atomic E-state index is 12.1. The predicted octanol–water partition coefficient (Wildman–Crippen LogP) is 2.77. The number of amides is 1. The number of nitro benzene ring substituents is 1. The molecular weight excluding hydrogens is 354 g/mol. The Morgan fingerprint density at radius 3 is 2.44 bits per heavy atom. The highest BCUT2D eigenvalue weighted by molar-refractivity contribution is 5.95. The van der Waals surface area contributed by atoms with Crippen molar-refractivity contribution in [3.63, 3.8) is 0 Å². The molecule has 2 aromatic carbocycles. The lowest BCUT2D eigenvalue weighted by Crippen LogP contribution is -2.17. The van der Waals surface area contributed by atoms with Crippen molar-refractivity contribution < 1.29 is 23.9 Å². The van der Waals surface area contributed by atoms with Crippen molar-refractivity contribution in [1.29, 1.82) is 0 Å². The molecule has 0 aromatic heterocycles. The normalized spacial score (nSPS) is 10.5. The van der Waals surface area contributed by atoms with Gasteiger partial charge in [0.2, 0.25) is 5.75 Å². The second-order valence-corrected chi connectivity index (χ2v) is 5.19. The van der Waals surface area contributed by atoms with Crippen molar-refractivity contribution in [2.24, 2.45) is 5.10 Å². The highest BCUT2D eigenvalue weighted by Crippen LogP contribution is 2.38. The van der Waals surface area contributed by atoms with Gasteiger partial charge in [-0.15, -0.1) is 0 Å². The number of methoxy groups -OCH3 is 2. The van der Waals surface area contributed by atoms with Crippen molar-refractivity contribution >= 4 is 17.8 Å². The molecule has 9 heteroatoms. The maximum Gasteiger partial charge on any atom is 0.271 e. The molecule has 2 rings (SSSR count). The molecule has 1 amide bonds. The number of nitrogens with one attached hydrogen (secondary N) is 1. The highest BCUT2D eigenvalue weighted by atomic mass is 16.6. The van der Waals surface area contributed by atoms with Crippen LogP contribution in [-0.2, 0) is 0 Å². The van der Waals surface area contributed by atoms with Gasteiger partial charge in [0.25, 0.3) is 11.6 Å². The number of non-ortho nitro benzene ring substituents is 1. The Bertz CT molecular complexity index is 841. The van der Waals surface area contributed by atoms with E-state index in [1.807, 2.05) is 6.92 Å². The third kappa shape index (κ3) is 4.94. The van der Waals surface area contributed by atoms with E-state index in [1.54, 1.807) is 12.1 Å². The number of carbonyl (C=O) groups excluding carboxylic acids is 1. The molecule has 0 atom stereocenters. The first-order chi connectivity index (χ1) is 13.0. The molecule has 0 unspecified atom stereocenters.